The van der Waals surface area contributed by atoms with Crippen molar-refractivity contribution in [2.45, 2.75) is 77.2 Å². The van der Waals surface area contributed by atoms with Crippen molar-refractivity contribution in [3.05, 3.63) is 0 Å². The lowest BCUT2D eigenvalue weighted by atomic mass is 9.68. The standard InChI is InChI=1S/C15H29N/c1-2-12-8-6-7-11-14(12)15(16)13-9-4-3-5-10-13/h12-15H,2-11,16H2,1H3. The fourth-order valence-corrected chi connectivity index (χ4v) is 4.12. The van der Waals surface area contributed by atoms with Crippen LogP contribution in [0.2, 0.25) is 0 Å². The normalized spacial score (nSPS) is 34.9. The molecule has 2 fully saturated rings. The molecule has 2 aliphatic rings. The van der Waals surface area contributed by atoms with Crippen molar-refractivity contribution in [2.75, 3.05) is 0 Å². The lowest BCUT2D eigenvalue weighted by molar-refractivity contribution is 0.142. The Morgan fingerprint density at radius 1 is 0.938 bits per heavy atom. The van der Waals surface area contributed by atoms with Crippen LogP contribution in [0.5, 0.6) is 0 Å². The van der Waals surface area contributed by atoms with Crippen molar-refractivity contribution >= 4 is 0 Å². The fourth-order valence-electron chi connectivity index (χ4n) is 4.12. The van der Waals surface area contributed by atoms with E-state index < -0.39 is 0 Å². The van der Waals surface area contributed by atoms with E-state index in [1.165, 1.54) is 64.2 Å². The third-order valence-corrected chi connectivity index (χ3v) is 5.18. The second-order valence-corrected chi connectivity index (χ2v) is 6.09. The van der Waals surface area contributed by atoms with E-state index in [1.807, 2.05) is 0 Å². The van der Waals surface area contributed by atoms with Gasteiger partial charge in [0.2, 0.25) is 0 Å². The minimum Gasteiger partial charge on any atom is -0.327 e. The Morgan fingerprint density at radius 2 is 1.56 bits per heavy atom. The van der Waals surface area contributed by atoms with Crippen molar-refractivity contribution < 1.29 is 0 Å². The van der Waals surface area contributed by atoms with Gasteiger partial charge in [0.1, 0.15) is 0 Å². The maximum Gasteiger partial charge on any atom is 0.00982 e. The van der Waals surface area contributed by atoms with E-state index >= 15 is 0 Å². The number of hydrogen-bond donors (Lipinski definition) is 1. The van der Waals surface area contributed by atoms with Gasteiger partial charge in [-0.15, -0.1) is 0 Å². The summed E-state index contributed by atoms with van der Waals surface area (Å²) in [5, 5.41) is 0. The minimum atomic E-state index is 0.519. The zero-order chi connectivity index (χ0) is 11.4. The molecule has 0 aromatic rings. The van der Waals surface area contributed by atoms with E-state index in [1.54, 1.807) is 0 Å². The predicted octanol–water partition coefficient (Wildman–Crippen LogP) is 4.11. The van der Waals surface area contributed by atoms with Gasteiger partial charge in [-0.3, -0.25) is 0 Å². The van der Waals surface area contributed by atoms with Gasteiger partial charge in [-0.1, -0.05) is 51.9 Å². The van der Waals surface area contributed by atoms with Gasteiger partial charge in [-0.25, -0.2) is 0 Å². The molecule has 0 radical (unpaired) electrons. The van der Waals surface area contributed by atoms with Crippen LogP contribution in [-0.4, -0.2) is 6.04 Å². The molecular weight excluding hydrogens is 194 g/mol. The number of nitrogens with two attached hydrogens (primary N) is 1. The van der Waals surface area contributed by atoms with Crippen molar-refractivity contribution in [3.8, 4) is 0 Å². The topological polar surface area (TPSA) is 26.0 Å². The first-order chi connectivity index (χ1) is 7.83. The molecule has 3 atom stereocenters. The molecule has 0 aromatic heterocycles. The molecule has 0 aliphatic heterocycles. The average Bonchev–Trinajstić information content (AvgIpc) is 2.39. The zero-order valence-corrected chi connectivity index (χ0v) is 11.0. The maximum absolute atomic E-state index is 6.59. The molecule has 16 heavy (non-hydrogen) atoms. The van der Waals surface area contributed by atoms with Gasteiger partial charge in [0.25, 0.3) is 0 Å². The lowest BCUT2D eigenvalue weighted by Crippen LogP contribution is -2.43. The predicted molar refractivity (Wildman–Crippen MR) is 70.3 cm³/mol. The third kappa shape index (κ3) is 2.80. The van der Waals surface area contributed by atoms with Crippen LogP contribution >= 0.6 is 0 Å². The highest BCUT2D eigenvalue weighted by atomic mass is 14.7. The molecule has 0 heterocycles. The molecule has 2 rings (SSSR count). The minimum absolute atomic E-state index is 0.519. The summed E-state index contributed by atoms with van der Waals surface area (Å²) in [7, 11) is 0. The van der Waals surface area contributed by atoms with E-state index in [0.717, 1.165) is 17.8 Å². The molecule has 2 N–H and O–H groups in total. The summed E-state index contributed by atoms with van der Waals surface area (Å²) in [4.78, 5) is 0. The largest absolute Gasteiger partial charge is 0.327 e. The first kappa shape index (κ1) is 12.4. The Balaban J connectivity index is 1.92. The van der Waals surface area contributed by atoms with Crippen LogP contribution in [0, 0.1) is 17.8 Å². The maximum atomic E-state index is 6.59. The van der Waals surface area contributed by atoms with E-state index in [0.29, 0.717) is 6.04 Å². The summed E-state index contributed by atoms with van der Waals surface area (Å²) in [5.41, 5.74) is 6.59. The highest BCUT2D eigenvalue weighted by Gasteiger charge is 2.33. The van der Waals surface area contributed by atoms with E-state index in [9.17, 15) is 0 Å². The molecule has 1 nitrogen and oxygen atoms in total. The highest BCUT2D eigenvalue weighted by molar-refractivity contribution is 4.87. The van der Waals surface area contributed by atoms with Gasteiger partial charge >= 0.3 is 0 Å². The summed E-state index contributed by atoms with van der Waals surface area (Å²) in [5.74, 6) is 2.64. The van der Waals surface area contributed by atoms with Crippen LogP contribution in [0.3, 0.4) is 0 Å². The molecule has 0 saturated heterocycles. The monoisotopic (exact) mass is 223 g/mol. The Morgan fingerprint density at radius 3 is 2.25 bits per heavy atom. The quantitative estimate of drug-likeness (QED) is 0.765. The molecule has 0 aromatic carbocycles. The van der Waals surface area contributed by atoms with Crippen molar-refractivity contribution in [1.82, 2.24) is 0 Å². The molecule has 0 spiro atoms. The molecule has 3 unspecified atom stereocenters. The summed E-state index contributed by atoms with van der Waals surface area (Å²) in [6.07, 6.45) is 14.2. The fraction of sp³-hybridized carbons (Fsp3) is 1.00. The van der Waals surface area contributed by atoms with Crippen molar-refractivity contribution in [1.29, 1.82) is 0 Å². The lowest BCUT2D eigenvalue weighted by Gasteiger charge is -2.40. The Labute approximate surface area is 101 Å². The van der Waals surface area contributed by atoms with Crippen LogP contribution in [0.4, 0.5) is 0 Å². The van der Waals surface area contributed by atoms with Gasteiger partial charge in [-0.2, -0.15) is 0 Å². The van der Waals surface area contributed by atoms with Crippen LogP contribution < -0.4 is 5.73 Å². The van der Waals surface area contributed by atoms with Gasteiger partial charge in [0, 0.05) is 6.04 Å². The van der Waals surface area contributed by atoms with E-state index in [2.05, 4.69) is 6.92 Å². The SMILES string of the molecule is CCC1CCCCC1C(N)C1CCCCC1. The van der Waals surface area contributed by atoms with E-state index in [4.69, 9.17) is 5.73 Å². The smallest absolute Gasteiger partial charge is 0.00982 e. The van der Waals surface area contributed by atoms with Crippen LogP contribution in [0.25, 0.3) is 0 Å². The molecule has 2 aliphatic carbocycles. The van der Waals surface area contributed by atoms with Crippen LogP contribution in [0.15, 0.2) is 0 Å². The molecule has 0 bridgehead atoms. The van der Waals surface area contributed by atoms with E-state index in [-0.39, 0.29) is 0 Å². The summed E-state index contributed by atoms with van der Waals surface area (Å²) in [6, 6.07) is 0.519. The van der Waals surface area contributed by atoms with Gasteiger partial charge < -0.3 is 5.73 Å². The van der Waals surface area contributed by atoms with Gasteiger partial charge in [0.15, 0.2) is 0 Å². The number of rotatable bonds is 3. The van der Waals surface area contributed by atoms with Crippen molar-refractivity contribution in [3.63, 3.8) is 0 Å². The Bertz CT molecular complexity index is 196. The molecular formula is C15H29N. The Hall–Kier alpha value is -0.0400. The summed E-state index contributed by atoms with van der Waals surface area (Å²) < 4.78 is 0. The second kappa shape index (κ2) is 6.05. The molecule has 94 valence electrons. The average molecular weight is 223 g/mol. The van der Waals surface area contributed by atoms with Crippen molar-refractivity contribution in [2.24, 2.45) is 23.5 Å². The van der Waals surface area contributed by atoms with Gasteiger partial charge in [0.05, 0.1) is 0 Å². The number of hydrogen-bond acceptors (Lipinski definition) is 1. The van der Waals surface area contributed by atoms with Crippen LogP contribution in [0.1, 0.15) is 71.1 Å². The summed E-state index contributed by atoms with van der Waals surface area (Å²) >= 11 is 0. The third-order valence-electron chi connectivity index (χ3n) is 5.18. The summed E-state index contributed by atoms with van der Waals surface area (Å²) in [6.45, 7) is 2.36. The van der Waals surface area contributed by atoms with Gasteiger partial charge in [-0.05, 0) is 37.0 Å². The zero-order valence-electron chi connectivity index (χ0n) is 11.0. The first-order valence-electron chi connectivity index (χ1n) is 7.58. The first-order valence-corrected chi connectivity index (χ1v) is 7.58. The Kier molecular flexibility index (Phi) is 4.69. The highest BCUT2D eigenvalue weighted by Crippen LogP contribution is 2.38. The van der Waals surface area contributed by atoms with Crippen LogP contribution in [-0.2, 0) is 0 Å². The molecule has 1 heteroatoms. The molecule has 2 saturated carbocycles. The molecule has 0 amide bonds. The second-order valence-electron chi connectivity index (χ2n) is 6.09.